The number of hydrogen-bond acceptors (Lipinski definition) is 11. The number of aliphatic carboxylic acids is 1. The minimum Gasteiger partial charge on any atom is -0.477 e. The smallest absolute Gasteiger partial charge is 0.352 e. The molecule has 0 saturated carbocycles. The number of pyridine rings is 1. The van der Waals surface area contributed by atoms with Crippen molar-refractivity contribution in [1.82, 2.24) is 25.1 Å². The number of halogens is 2. The van der Waals surface area contributed by atoms with E-state index in [1.807, 2.05) is 39.9 Å². The average Bonchev–Trinajstić information content (AvgIpc) is 3.70. The second-order valence-electron chi connectivity index (χ2n) is 12.6. The predicted octanol–water partition coefficient (Wildman–Crippen LogP) is 2.05. The van der Waals surface area contributed by atoms with Crippen LogP contribution in [0, 0.1) is 5.82 Å². The van der Waals surface area contributed by atoms with Crippen molar-refractivity contribution in [3.05, 3.63) is 87.2 Å². The van der Waals surface area contributed by atoms with Gasteiger partial charge in [0.1, 0.15) is 51.4 Å². The van der Waals surface area contributed by atoms with Crippen molar-refractivity contribution in [2.45, 2.75) is 43.4 Å². The lowest BCUT2D eigenvalue weighted by Crippen LogP contribution is -2.71. The molecule has 3 aliphatic heterocycles. The van der Waals surface area contributed by atoms with E-state index in [0.717, 1.165) is 48.2 Å². The number of nitrogens with zero attached hydrogens (tertiary/aromatic N) is 6. The Morgan fingerprint density at radius 2 is 2.13 bits per heavy atom. The Kier molecular flexibility index (Phi) is 10.4. The van der Waals surface area contributed by atoms with Gasteiger partial charge in [0, 0.05) is 46.6 Å². The third-order valence-electron chi connectivity index (χ3n) is 9.19. The summed E-state index contributed by atoms with van der Waals surface area (Å²) >= 11 is 8.45. The third-order valence-corrected chi connectivity index (χ3v) is 11.6. The molecule has 276 valence electrons. The fourth-order valence-corrected chi connectivity index (χ4v) is 8.88. The first-order valence-corrected chi connectivity index (χ1v) is 18.8. The first-order valence-electron chi connectivity index (χ1n) is 16.6. The summed E-state index contributed by atoms with van der Waals surface area (Å²) in [5.74, 6) is -2.44. The van der Waals surface area contributed by atoms with Gasteiger partial charge in [-0.15, -0.1) is 11.8 Å². The SMILES string of the molecule is CO/N=C(\C(=O)N[C@@H]1C(=O)N2C(C(=O)O)=C(C[n+]3ccc4ccn(Cc5ccc(C(N)=NC6CCCNC6)cc5F)c4c3)CS[C@H]12)c1nc(N)sc1Cl. The molecule has 1 unspecified atom stereocenters. The number of oxime groups is 1. The first-order chi connectivity index (χ1) is 25.5. The van der Waals surface area contributed by atoms with E-state index in [1.54, 1.807) is 12.1 Å². The van der Waals surface area contributed by atoms with Crippen molar-refractivity contribution >= 4 is 80.1 Å². The number of benzene rings is 1. The molecule has 0 bridgehead atoms. The standard InChI is InChI=1S/C34H34ClFN10O5S2/c1-51-43-25(24-28(35)53-34(38)42-24)30(47)41-26-31(48)46-27(33(49)50)20(16-52-32(26)46)13-44-9-6-17-7-10-45(23(17)15-44)14-19-5-4-18(11-22(19)36)29(37)40-21-3-2-8-39-12-21/h4-7,9-11,15,21,26,32,39H,2-3,8,12-14,16H2,1H3,(H5-,37,38,40,41,42,47,49,50)/p+1/b43-25-/t21?,26-,32-/m1/s1. The third kappa shape index (κ3) is 7.31. The Bertz CT molecular complexity index is 2220. The molecule has 2 amide bonds. The number of anilines is 1. The van der Waals surface area contributed by atoms with Crippen LogP contribution in [0.4, 0.5) is 9.52 Å². The van der Waals surface area contributed by atoms with Gasteiger partial charge < -0.3 is 36.6 Å². The van der Waals surface area contributed by atoms with Gasteiger partial charge >= 0.3 is 5.97 Å². The second-order valence-corrected chi connectivity index (χ2v) is 15.4. The molecule has 3 aromatic heterocycles. The summed E-state index contributed by atoms with van der Waals surface area (Å²) in [4.78, 5) is 53.8. The minimum absolute atomic E-state index is 0.00312. The largest absolute Gasteiger partial charge is 0.477 e. The number of aromatic nitrogens is 3. The van der Waals surface area contributed by atoms with E-state index in [0.29, 0.717) is 22.5 Å². The van der Waals surface area contributed by atoms with Gasteiger partial charge in [-0.3, -0.25) is 19.5 Å². The minimum atomic E-state index is -1.26. The van der Waals surface area contributed by atoms with Gasteiger partial charge in [0.25, 0.3) is 11.8 Å². The molecule has 53 heavy (non-hydrogen) atoms. The maximum atomic E-state index is 15.4. The number of rotatable bonds is 11. The van der Waals surface area contributed by atoms with Crippen molar-refractivity contribution in [2.24, 2.45) is 15.9 Å². The first kappa shape index (κ1) is 36.3. The molecule has 3 aliphatic rings. The number of nitrogen functional groups attached to an aromatic ring is 1. The molecule has 19 heteroatoms. The Morgan fingerprint density at radius 3 is 2.83 bits per heavy atom. The molecule has 2 saturated heterocycles. The highest BCUT2D eigenvalue weighted by Gasteiger charge is 2.55. The second kappa shape index (κ2) is 15.1. The number of piperidine rings is 1. The van der Waals surface area contributed by atoms with E-state index in [-0.39, 0.29) is 51.5 Å². The van der Waals surface area contributed by atoms with E-state index in [9.17, 15) is 19.5 Å². The molecule has 0 radical (unpaired) electrons. The van der Waals surface area contributed by atoms with Crippen LogP contribution in [0.1, 0.15) is 29.7 Å². The van der Waals surface area contributed by atoms with Crippen LogP contribution >= 0.6 is 34.7 Å². The Balaban J connectivity index is 1.07. The lowest BCUT2D eigenvalue weighted by Gasteiger charge is -2.49. The number of hydrogen-bond donors (Lipinski definition) is 5. The summed E-state index contributed by atoms with van der Waals surface area (Å²) in [5, 5.41) is 20.3. The van der Waals surface area contributed by atoms with Crippen LogP contribution in [0.3, 0.4) is 0 Å². The van der Waals surface area contributed by atoms with Crippen LogP contribution in [-0.4, -0.2) is 92.3 Å². The fourth-order valence-electron chi connectivity index (χ4n) is 6.62. The molecular formula is C34H35ClFN10O5S2+. The van der Waals surface area contributed by atoms with Crippen LogP contribution in [0.15, 0.2) is 70.3 Å². The summed E-state index contributed by atoms with van der Waals surface area (Å²) in [6.07, 6.45) is 7.51. The van der Waals surface area contributed by atoms with Gasteiger partial charge in [-0.2, -0.15) is 4.57 Å². The Hall–Kier alpha value is -5.04. The summed E-state index contributed by atoms with van der Waals surface area (Å²) < 4.78 is 19.2. The van der Waals surface area contributed by atoms with Crippen molar-refractivity contribution in [3.63, 3.8) is 0 Å². The van der Waals surface area contributed by atoms with Crippen molar-refractivity contribution in [3.8, 4) is 0 Å². The van der Waals surface area contributed by atoms with E-state index in [4.69, 9.17) is 27.9 Å². The number of fused-ring (bicyclic) bond motifs is 2. The average molecular weight is 782 g/mol. The monoisotopic (exact) mass is 781 g/mol. The van der Waals surface area contributed by atoms with E-state index in [2.05, 4.69) is 25.8 Å². The highest BCUT2D eigenvalue weighted by atomic mass is 35.5. The molecule has 7 N–H and O–H groups in total. The van der Waals surface area contributed by atoms with Gasteiger partial charge in [0.15, 0.2) is 29.8 Å². The topological polar surface area (TPSA) is 206 Å². The fraction of sp³-hybridized carbons (Fsp3) is 0.324. The zero-order chi connectivity index (χ0) is 37.4. The molecule has 1 aromatic carbocycles. The predicted molar refractivity (Wildman–Crippen MR) is 199 cm³/mol. The van der Waals surface area contributed by atoms with Crippen molar-refractivity contribution in [1.29, 1.82) is 0 Å². The van der Waals surface area contributed by atoms with Crippen LogP contribution in [0.2, 0.25) is 4.34 Å². The number of carboxylic acid groups (broad SMARTS) is 1. The molecule has 0 aliphatic carbocycles. The lowest BCUT2D eigenvalue weighted by molar-refractivity contribution is -0.687. The number of carbonyl (C=O) groups is 3. The lowest BCUT2D eigenvalue weighted by atomic mass is 10.0. The number of amidine groups is 1. The number of amides is 2. The van der Waals surface area contributed by atoms with Crippen LogP contribution < -0.4 is 26.7 Å². The van der Waals surface area contributed by atoms with Gasteiger partial charge in [-0.1, -0.05) is 40.2 Å². The zero-order valence-electron chi connectivity index (χ0n) is 28.3. The van der Waals surface area contributed by atoms with Crippen LogP contribution in [0.5, 0.6) is 0 Å². The summed E-state index contributed by atoms with van der Waals surface area (Å²) in [7, 11) is 1.24. The van der Waals surface area contributed by atoms with Gasteiger partial charge in [0.05, 0.1) is 12.6 Å². The molecule has 3 atom stereocenters. The van der Waals surface area contributed by atoms with Crippen molar-refractivity contribution < 1.29 is 33.3 Å². The Labute approximate surface area is 315 Å². The zero-order valence-corrected chi connectivity index (χ0v) is 30.7. The molecule has 15 nitrogen and oxygen atoms in total. The molecule has 0 spiro atoms. The number of β-lactam (4-membered cyclic amide) rings is 1. The number of carboxylic acids is 1. The molecule has 2 fully saturated rings. The van der Waals surface area contributed by atoms with Crippen molar-refractivity contribution in [2.75, 3.05) is 31.7 Å². The summed E-state index contributed by atoms with van der Waals surface area (Å²) in [6, 6.07) is 7.76. The van der Waals surface area contributed by atoms with Gasteiger partial charge in [-0.25, -0.2) is 14.2 Å². The van der Waals surface area contributed by atoms with Crippen LogP contribution in [-0.2, 0) is 32.3 Å². The summed E-state index contributed by atoms with van der Waals surface area (Å²) in [6.45, 7) is 2.14. The van der Waals surface area contributed by atoms with Gasteiger partial charge in [0.2, 0.25) is 0 Å². The molecule has 6 heterocycles. The molecule has 4 aromatic rings. The highest BCUT2D eigenvalue weighted by Crippen LogP contribution is 2.40. The number of thiazole rings is 1. The highest BCUT2D eigenvalue weighted by molar-refractivity contribution is 8.00. The van der Waals surface area contributed by atoms with E-state index < -0.39 is 35.0 Å². The number of thioether (sulfide) groups is 1. The van der Waals surface area contributed by atoms with Gasteiger partial charge in [-0.05, 0) is 31.5 Å². The summed E-state index contributed by atoms with van der Waals surface area (Å²) in [5.41, 5.74) is 13.9. The number of carbonyl (C=O) groups excluding carboxylic acids is 2. The molecular weight excluding hydrogens is 747 g/mol. The maximum Gasteiger partial charge on any atom is 0.352 e. The number of aliphatic imine (C=N–C) groups is 1. The molecule has 7 rings (SSSR count). The number of nitrogens with one attached hydrogen (secondary N) is 2. The maximum absolute atomic E-state index is 15.4. The Morgan fingerprint density at radius 1 is 1.30 bits per heavy atom. The van der Waals surface area contributed by atoms with Crippen LogP contribution in [0.25, 0.3) is 10.9 Å². The van der Waals surface area contributed by atoms with E-state index >= 15 is 4.39 Å². The van der Waals surface area contributed by atoms with E-state index in [1.165, 1.54) is 29.8 Å². The normalized spacial score (nSPS) is 20.7. The quantitative estimate of drug-likeness (QED) is 0.0493. The number of nitrogens with two attached hydrogens (primary N) is 2.